The molecule has 0 spiro atoms. The van der Waals surface area contributed by atoms with Gasteiger partial charge in [-0.25, -0.2) is 0 Å². The minimum atomic E-state index is -0.0658. The van der Waals surface area contributed by atoms with Gasteiger partial charge in [-0.2, -0.15) is 0 Å². The summed E-state index contributed by atoms with van der Waals surface area (Å²) in [6.07, 6.45) is 0. The summed E-state index contributed by atoms with van der Waals surface area (Å²) in [7, 11) is 1.61. The molecule has 0 radical (unpaired) electrons. The minimum Gasteiger partial charge on any atom is -0.497 e. The van der Waals surface area contributed by atoms with Crippen LogP contribution in [0.3, 0.4) is 0 Å². The van der Waals surface area contributed by atoms with Gasteiger partial charge >= 0.3 is 0 Å². The van der Waals surface area contributed by atoms with E-state index in [1.54, 1.807) is 36.3 Å². The molecule has 2 aromatic carbocycles. The van der Waals surface area contributed by atoms with Crippen molar-refractivity contribution >= 4 is 11.6 Å². The van der Waals surface area contributed by atoms with Gasteiger partial charge in [0.1, 0.15) is 11.5 Å². The number of ether oxygens (including phenoxy) is 2. The summed E-state index contributed by atoms with van der Waals surface area (Å²) in [4.78, 5) is 14.1. The van der Waals surface area contributed by atoms with Crippen molar-refractivity contribution < 1.29 is 14.3 Å². The van der Waals surface area contributed by atoms with Gasteiger partial charge in [0, 0.05) is 12.2 Å². The van der Waals surface area contributed by atoms with Crippen LogP contribution in [-0.4, -0.2) is 26.2 Å². The molecular formula is C18H21NO3. The number of hydrogen-bond acceptors (Lipinski definition) is 3. The summed E-state index contributed by atoms with van der Waals surface area (Å²) in [6, 6.07) is 15.1. The number of nitrogens with zero attached hydrogens (tertiary/aromatic N) is 1. The molecule has 0 heterocycles. The van der Waals surface area contributed by atoms with Gasteiger partial charge in [0.05, 0.1) is 7.11 Å². The third-order valence-electron chi connectivity index (χ3n) is 3.35. The molecule has 0 aliphatic rings. The van der Waals surface area contributed by atoms with Crippen LogP contribution in [0.1, 0.15) is 12.5 Å². The highest BCUT2D eigenvalue weighted by Gasteiger charge is 2.14. The standard InChI is InChI=1S/C18H21NO3/c1-4-19(15-7-5-6-14(2)12-15)18(20)13-22-17-10-8-16(21-3)9-11-17/h5-12H,4,13H2,1-3H3. The van der Waals surface area contributed by atoms with Gasteiger partial charge in [-0.05, 0) is 55.8 Å². The highest BCUT2D eigenvalue weighted by atomic mass is 16.5. The molecule has 0 aliphatic heterocycles. The van der Waals surface area contributed by atoms with E-state index in [1.807, 2.05) is 38.1 Å². The van der Waals surface area contributed by atoms with Crippen molar-refractivity contribution in [3.8, 4) is 11.5 Å². The third kappa shape index (κ3) is 4.01. The van der Waals surface area contributed by atoms with Crippen molar-refractivity contribution in [3.05, 3.63) is 54.1 Å². The van der Waals surface area contributed by atoms with Crippen molar-refractivity contribution in [2.75, 3.05) is 25.2 Å². The number of amides is 1. The highest BCUT2D eigenvalue weighted by Crippen LogP contribution is 2.18. The Morgan fingerprint density at radius 1 is 1.09 bits per heavy atom. The van der Waals surface area contributed by atoms with Gasteiger partial charge in [0.2, 0.25) is 0 Å². The summed E-state index contributed by atoms with van der Waals surface area (Å²) in [5, 5.41) is 0. The Morgan fingerprint density at radius 2 is 1.77 bits per heavy atom. The number of anilines is 1. The number of rotatable bonds is 6. The fourth-order valence-electron chi connectivity index (χ4n) is 2.19. The molecule has 22 heavy (non-hydrogen) atoms. The molecule has 4 heteroatoms. The fourth-order valence-corrected chi connectivity index (χ4v) is 2.19. The maximum atomic E-state index is 12.4. The van der Waals surface area contributed by atoms with Crippen LogP contribution in [0.2, 0.25) is 0 Å². The Hall–Kier alpha value is -2.49. The number of carbonyl (C=O) groups excluding carboxylic acids is 1. The number of hydrogen-bond donors (Lipinski definition) is 0. The summed E-state index contributed by atoms with van der Waals surface area (Å²) >= 11 is 0. The van der Waals surface area contributed by atoms with E-state index in [9.17, 15) is 4.79 Å². The first-order valence-electron chi connectivity index (χ1n) is 7.28. The molecule has 0 unspecified atom stereocenters. The number of likely N-dealkylation sites (N-methyl/N-ethyl adjacent to an activating group) is 1. The molecule has 0 aliphatic carbocycles. The van der Waals surface area contributed by atoms with Crippen LogP contribution in [0.15, 0.2) is 48.5 Å². The Balaban J connectivity index is 2.00. The number of benzene rings is 2. The summed E-state index contributed by atoms with van der Waals surface area (Å²) in [5.74, 6) is 1.34. The zero-order valence-electron chi connectivity index (χ0n) is 13.2. The second-order valence-corrected chi connectivity index (χ2v) is 4.94. The predicted octanol–water partition coefficient (Wildman–Crippen LogP) is 3.44. The van der Waals surface area contributed by atoms with E-state index >= 15 is 0 Å². The number of aryl methyl sites for hydroxylation is 1. The van der Waals surface area contributed by atoms with Crippen molar-refractivity contribution in [1.29, 1.82) is 0 Å². The van der Waals surface area contributed by atoms with Gasteiger partial charge < -0.3 is 14.4 Å². The second-order valence-electron chi connectivity index (χ2n) is 4.94. The Kier molecular flexibility index (Phi) is 5.42. The van der Waals surface area contributed by atoms with E-state index in [1.165, 1.54) is 0 Å². The van der Waals surface area contributed by atoms with E-state index in [4.69, 9.17) is 9.47 Å². The first-order valence-corrected chi connectivity index (χ1v) is 7.28. The van der Waals surface area contributed by atoms with Crippen LogP contribution in [-0.2, 0) is 4.79 Å². The summed E-state index contributed by atoms with van der Waals surface area (Å²) < 4.78 is 10.6. The van der Waals surface area contributed by atoms with Crippen molar-refractivity contribution in [2.45, 2.75) is 13.8 Å². The maximum Gasteiger partial charge on any atom is 0.264 e. The Labute approximate surface area is 131 Å². The van der Waals surface area contributed by atoms with E-state index in [0.717, 1.165) is 17.0 Å². The van der Waals surface area contributed by atoms with E-state index < -0.39 is 0 Å². The monoisotopic (exact) mass is 299 g/mol. The van der Waals surface area contributed by atoms with Gasteiger partial charge in [-0.3, -0.25) is 4.79 Å². The van der Waals surface area contributed by atoms with Gasteiger partial charge in [0.25, 0.3) is 5.91 Å². The molecule has 0 atom stereocenters. The molecule has 0 saturated heterocycles. The van der Waals surface area contributed by atoms with Crippen LogP contribution in [0.25, 0.3) is 0 Å². The lowest BCUT2D eigenvalue weighted by atomic mass is 10.2. The first kappa shape index (κ1) is 15.9. The molecule has 0 bridgehead atoms. The molecule has 2 rings (SSSR count). The summed E-state index contributed by atoms with van der Waals surface area (Å²) in [6.45, 7) is 4.58. The van der Waals surface area contributed by atoms with Crippen LogP contribution in [0.4, 0.5) is 5.69 Å². The zero-order chi connectivity index (χ0) is 15.9. The highest BCUT2D eigenvalue weighted by molar-refractivity contribution is 5.94. The molecule has 116 valence electrons. The smallest absolute Gasteiger partial charge is 0.264 e. The fraction of sp³-hybridized carbons (Fsp3) is 0.278. The topological polar surface area (TPSA) is 38.8 Å². The third-order valence-corrected chi connectivity index (χ3v) is 3.35. The molecule has 0 saturated carbocycles. The molecule has 0 N–H and O–H groups in total. The molecular weight excluding hydrogens is 278 g/mol. The second kappa shape index (κ2) is 7.50. The van der Waals surface area contributed by atoms with Crippen LogP contribution >= 0.6 is 0 Å². The Morgan fingerprint density at radius 3 is 2.36 bits per heavy atom. The number of carbonyl (C=O) groups is 1. The SMILES string of the molecule is CCN(C(=O)COc1ccc(OC)cc1)c1cccc(C)c1. The van der Waals surface area contributed by atoms with Gasteiger partial charge in [0.15, 0.2) is 6.61 Å². The van der Waals surface area contributed by atoms with Crippen molar-refractivity contribution in [2.24, 2.45) is 0 Å². The van der Waals surface area contributed by atoms with E-state index in [0.29, 0.717) is 12.3 Å². The average molecular weight is 299 g/mol. The van der Waals surface area contributed by atoms with Crippen molar-refractivity contribution in [3.63, 3.8) is 0 Å². The average Bonchev–Trinajstić information content (AvgIpc) is 2.54. The van der Waals surface area contributed by atoms with Gasteiger partial charge in [-0.1, -0.05) is 12.1 Å². The van der Waals surface area contributed by atoms with Crippen LogP contribution in [0, 0.1) is 6.92 Å². The normalized spacial score (nSPS) is 10.1. The number of methoxy groups -OCH3 is 1. The lowest BCUT2D eigenvalue weighted by Crippen LogP contribution is -2.34. The lowest BCUT2D eigenvalue weighted by Gasteiger charge is -2.21. The van der Waals surface area contributed by atoms with E-state index in [2.05, 4.69) is 0 Å². The van der Waals surface area contributed by atoms with Crippen LogP contribution in [0.5, 0.6) is 11.5 Å². The molecule has 0 aromatic heterocycles. The quantitative estimate of drug-likeness (QED) is 0.820. The summed E-state index contributed by atoms with van der Waals surface area (Å²) in [5.41, 5.74) is 2.02. The predicted molar refractivity (Wildman–Crippen MR) is 87.7 cm³/mol. The first-order chi connectivity index (χ1) is 10.6. The molecule has 1 amide bonds. The molecule has 0 fully saturated rings. The van der Waals surface area contributed by atoms with Crippen LogP contribution < -0.4 is 14.4 Å². The van der Waals surface area contributed by atoms with Crippen molar-refractivity contribution in [1.82, 2.24) is 0 Å². The molecule has 2 aromatic rings. The van der Waals surface area contributed by atoms with Gasteiger partial charge in [-0.15, -0.1) is 0 Å². The van der Waals surface area contributed by atoms with E-state index in [-0.39, 0.29) is 12.5 Å². The molecule has 4 nitrogen and oxygen atoms in total. The zero-order valence-corrected chi connectivity index (χ0v) is 13.2. The maximum absolute atomic E-state index is 12.4. The largest absolute Gasteiger partial charge is 0.497 e. The Bertz CT molecular complexity index is 622. The lowest BCUT2D eigenvalue weighted by molar-refractivity contribution is -0.120. The minimum absolute atomic E-state index is 0.00805.